The molecule has 0 aliphatic carbocycles. The number of hydrogen-bond acceptors (Lipinski definition) is 2. The number of benzene rings is 4. The van der Waals surface area contributed by atoms with Gasteiger partial charge in [0.2, 0.25) is 0 Å². The van der Waals surface area contributed by atoms with Gasteiger partial charge < -0.3 is 0 Å². The van der Waals surface area contributed by atoms with Gasteiger partial charge in [-0.1, -0.05) is 84.9 Å². The van der Waals surface area contributed by atoms with Crippen molar-refractivity contribution in [2.45, 2.75) is 19.3 Å². The van der Waals surface area contributed by atoms with Crippen molar-refractivity contribution in [3.05, 3.63) is 120 Å². The van der Waals surface area contributed by atoms with Gasteiger partial charge in [-0.3, -0.25) is 9.59 Å². The van der Waals surface area contributed by atoms with Gasteiger partial charge in [-0.2, -0.15) is 0 Å². The van der Waals surface area contributed by atoms with Crippen LogP contribution in [0.1, 0.15) is 40.0 Å². The molecule has 31 heavy (non-hydrogen) atoms. The first-order chi connectivity index (χ1) is 15.2. The van der Waals surface area contributed by atoms with E-state index in [1.54, 1.807) is 12.2 Å². The molecule has 0 aliphatic rings. The molecule has 2 heteroatoms. The lowest BCUT2D eigenvalue weighted by atomic mass is 10.0. The number of ketones is 2. The van der Waals surface area contributed by atoms with E-state index in [4.69, 9.17) is 0 Å². The summed E-state index contributed by atoms with van der Waals surface area (Å²) in [5.41, 5.74) is 1.41. The van der Waals surface area contributed by atoms with Crippen LogP contribution < -0.4 is 0 Å². The highest BCUT2D eigenvalue weighted by Gasteiger charge is 2.03. The summed E-state index contributed by atoms with van der Waals surface area (Å²) in [6.07, 6.45) is 9.61. The summed E-state index contributed by atoms with van der Waals surface area (Å²) in [7, 11) is 0. The molecule has 0 heterocycles. The van der Waals surface area contributed by atoms with Crippen LogP contribution in [0.4, 0.5) is 0 Å². The van der Waals surface area contributed by atoms with E-state index in [9.17, 15) is 9.59 Å². The maximum Gasteiger partial charge on any atom is 0.185 e. The average molecular weight is 405 g/mol. The molecular formula is C29H24O2. The average Bonchev–Trinajstić information content (AvgIpc) is 2.82. The lowest BCUT2D eigenvalue weighted by Gasteiger charge is -2.00. The predicted octanol–water partition coefficient (Wildman–Crippen LogP) is 7.34. The molecule has 0 aromatic heterocycles. The molecule has 2 nitrogen and oxygen atoms in total. The van der Waals surface area contributed by atoms with Crippen molar-refractivity contribution in [1.29, 1.82) is 0 Å². The van der Waals surface area contributed by atoms with Crippen LogP contribution in [0, 0.1) is 0 Å². The van der Waals surface area contributed by atoms with Gasteiger partial charge >= 0.3 is 0 Å². The number of hydrogen-bond donors (Lipinski definition) is 0. The number of carbonyl (C=O) groups excluding carboxylic acids is 2. The molecule has 0 amide bonds. The molecule has 0 aliphatic heterocycles. The molecule has 4 aromatic carbocycles. The largest absolute Gasteiger partial charge is 0.289 e. The summed E-state index contributed by atoms with van der Waals surface area (Å²) < 4.78 is 0. The Kier molecular flexibility index (Phi) is 6.49. The van der Waals surface area contributed by atoms with E-state index in [1.807, 2.05) is 97.1 Å². The lowest BCUT2D eigenvalue weighted by Crippen LogP contribution is -1.94. The molecule has 0 N–H and O–H groups in total. The number of unbranched alkanes of at least 4 members (excludes halogenated alkanes) is 2. The number of fused-ring (bicyclic) bond motifs is 2. The molecule has 0 spiro atoms. The van der Waals surface area contributed by atoms with Gasteiger partial charge in [-0.15, -0.1) is 0 Å². The van der Waals surface area contributed by atoms with Gasteiger partial charge in [0.25, 0.3) is 0 Å². The number of rotatable bonds is 8. The highest BCUT2D eigenvalue weighted by atomic mass is 16.1. The van der Waals surface area contributed by atoms with Crippen LogP contribution in [0.15, 0.2) is 109 Å². The standard InChI is InChI=1S/C29H24O2/c30-28(26-18-16-22-10-6-8-12-24(22)20-26)14-4-2-1-3-5-15-29(31)27-19-17-23-11-7-9-13-25(23)21-27/h4-21H,1-3H2/b14-4+,15-5+. The number of allylic oxidation sites excluding steroid dienone is 4. The molecule has 0 radical (unpaired) electrons. The first kappa shape index (κ1) is 20.5. The smallest absolute Gasteiger partial charge is 0.185 e. The van der Waals surface area contributed by atoms with Gasteiger partial charge in [0.1, 0.15) is 0 Å². The molecular weight excluding hydrogens is 380 g/mol. The first-order valence-corrected chi connectivity index (χ1v) is 10.6. The van der Waals surface area contributed by atoms with Crippen LogP contribution in [0.3, 0.4) is 0 Å². The Balaban J connectivity index is 1.25. The summed E-state index contributed by atoms with van der Waals surface area (Å²) in [4.78, 5) is 24.7. The zero-order valence-electron chi connectivity index (χ0n) is 17.3. The second-order valence-electron chi connectivity index (χ2n) is 7.59. The highest BCUT2D eigenvalue weighted by Crippen LogP contribution is 2.17. The SMILES string of the molecule is O=C(/C=C/CCC/C=C/C(=O)c1ccc2ccccc2c1)c1ccc2ccccc2c1. The van der Waals surface area contributed by atoms with E-state index in [-0.39, 0.29) is 11.6 Å². The molecule has 0 saturated carbocycles. The predicted molar refractivity (Wildman–Crippen MR) is 129 cm³/mol. The summed E-state index contributed by atoms with van der Waals surface area (Å²) in [6, 6.07) is 27.6. The fraction of sp³-hybridized carbons (Fsp3) is 0.103. The molecule has 4 aromatic rings. The first-order valence-electron chi connectivity index (χ1n) is 10.6. The van der Waals surface area contributed by atoms with Gasteiger partial charge in [0.05, 0.1) is 0 Å². The minimum Gasteiger partial charge on any atom is -0.289 e. The summed E-state index contributed by atoms with van der Waals surface area (Å²) in [5.74, 6) is 0.0422. The van der Waals surface area contributed by atoms with Crippen molar-refractivity contribution in [3.63, 3.8) is 0 Å². The van der Waals surface area contributed by atoms with E-state index >= 15 is 0 Å². The Bertz CT molecular complexity index is 1190. The van der Waals surface area contributed by atoms with Gasteiger partial charge in [-0.05, 0) is 65.1 Å². The van der Waals surface area contributed by atoms with Crippen molar-refractivity contribution in [3.8, 4) is 0 Å². The van der Waals surface area contributed by atoms with Crippen LogP contribution in [0.25, 0.3) is 21.5 Å². The Hall–Kier alpha value is -3.78. The third kappa shape index (κ3) is 5.23. The van der Waals surface area contributed by atoms with E-state index in [0.717, 1.165) is 40.8 Å². The lowest BCUT2D eigenvalue weighted by molar-refractivity contribution is 0.103. The van der Waals surface area contributed by atoms with E-state index in [1.165, 1.54) is 0 Å². The molecule has 0 unspecified atom stereocenters. The summed E-state index contributed by atoms with van der Waals surface area (Å²) in [5, 5.41) is 4.41. The number of carbonyl (C=O) groups is 2. The summed E-state index contributed by atoms with van der Waals surface area (Å²) in [6.45, 7) is 0. The molecule has 0 bridgehead atoms. The van der Waals surface area contributed by atoms with Crippen LogP contribution in [-0.2, 0) is 0 Å². The van der Waals surface area contributed by atoms with Crippen LogP contribution in [-0.4, -0.2) is 11.6 Å². The minimum absolute atomic E-state index is 0.0211. The van der Waals surface area contributed by atoms with Gasteiger partial charge in [0, 0.05) is 11.1 Å². The van der Waals surface area contributed by atoms with Crippen molar-refractivity contribution in [2.24, 2.45) is 0 Å². The monoisotopic (exact) mass is 404 g/mol. The summed E-state index contributed by atoms with van der Waals surface area (Å²) >= 11 is 0. The third-order valence-corrected chi connectivity index (χ3v) is 5.35. The molecule has 0 saturated heterocycles. The Morgan fingerprint density at radius 1 is 0.548 bits per heavy atom. The zero-order valence-corrected chi connectivity index (χ0v) is 17.3. The molecule has 0 fully saturated rings. The topological polar surface area (TPSA) is 34.1 Å². The zero-order chi connectivity index (χ0) is 21.5. The Morgan fingerprint density at radius 2 is 0.968 bits per heavy atom. The second kappa shape index (κ2) is 9.82. The second-order valence-corrected chi connectivity index (χ2v) is 7.59. The van der Waals surface area contributed by atoms with Crippen molar-refractivity contribution < 1.29 is 9.59 Å². The molecule has 152 valence electrons. The van der Waals surface area contributed by atoms with E-state index in [2.05, 4.69) is 0 Å². The van der Waals surface area contributed by atoms with Crippen LogP contribution in [0.5, 0.6) is 0 Å². The Morgan fingerprint density at radius 3 is 1.42 bits per heavy atom. The minimum atomic E-state index is 0.0211. The third-order valence-electron chi connectivity index (χ3n) is 5.35. The molecule has 0 atom stereocenters. The highest BCUT2D eigenvalue weighted by molar-refractivity contribution is 6.07. The fourth-order valence-electron chi connectivity index (χ4n) is 3.61. The van der Waals surface area contributed by atoms with Gasteiger partial charge in [0.15, 0.2) is 11.6 Å². The normalized spacial score (nSPS) is 11.6. The maximum absolute atomic E-state index is 12.4. The fourth-order valence-corrected chi connectivity index (χ4v) is 3.61. The maximum atomic E-state index is 12.4. The van der Waals surface area contributed by atoms with Crippen molar-refractivity contribution in [1.82, 2.24) is 0 Å². The van der Waals surface area contributed by atoms with Crippen LogP contribution >= 0.6 is 0 Å². The van der Waals surface area contributed by atoms with Gasteiger partial charge in [-0.25, -0.2) is 0 Å². The quantitative estimate of drug-likeness (QED) is 0.175. The Labute approximate surface area is 182 Å². The van der Waals surface area contributed by atoms with E-state index in [0.29, 0.717) is 11.1 Å². The van der Waals surface area contributed by atoms with Crippen molar-refractivity contribution >= 4 is 33.1 Å². The van der Waals surface area contributed by atoms with E-state index < -0.39 is 0 Å². The van der Waals surface area contributed by atoms with Crippen LogP contribution in [0.2, 0.25) is 0 Å². The molecule has 4 rings (SSSR count). The van der Waals surface area contributed by atoms with Crippen molar-refractivity contribution in [2.75, 3.05) is 0 Å².